The molecule has 0 saturated heterocycles. The van der Waals surface area contributed by atoms with Crippen molar-refractivity contribution in [3.63, 3.8) is 0 Å². The van der Waals surface area contributed by atoms with Crippen LogP contribution in [-0.4, -0.2) is 48.3 Å². The molecule has 15 heteroatoms. The van der Waals surface area contributed by atoms with E-state index in [1.807, 2.05) is 18.2 Å². The zero-order valence-electron chi connectivity index (χ0n) is 19.4. The molecule has 34 heavy (non-hydrogen) atoms. The van der Waals surface area contributed by atoms with Gasteiger partial charge in [0.2, 0.25) is 30.1 Å². The summed E-state index contributed by atoms with van der Waals surface area (Å²) in [5.74, 6) is 0. The van der Waals surface area contributed by atoms with E-state index in [4.69, 9.17) is 15.8 Å². The van der Waals surface area contributed by atoms with E-state index in [-0.39, 0.29) is 64.6 Å². The van der Waals surface area contributed by atoms with Crippen LogP contribution in [0.2, 0.25) is 0 Å². The summed E-state index contributed by atoms with van der Waals surface area (Å²) in [6.45, 7) is 0.780. The molecular formula is C19H34N6O6S3. The first-order chi connectivity index (χ1) is 16.0. The molecule has 194 valence electrons. The maximum absolute atomic E-state index is 13.3. The van der Waals surface area contributed by atoms with Gasteiger partial charge in [-0.2, -0.15) is 15.8 Å². The maximum atomic E-state index is 13.3. The average molecular weight is 539 g/mol. The Bertz CT molecular complexity index is 922. The van der Waals surface area contributed by atoms with Gasteiger partial charge in [0.15, 0.2) is 0 Å². The quantitative estimate of drug-likeness (QED) is 0.190. The Labute approximate surface area is 203 Å². The van der Waals surface area contributed by atoms with Gasteiger partial charge >= 0.3 is 3.41 Å². The first-order valence-electron chi connectivity index (χ1n) is 11.1. The van der Waals surface area contributed by atoms with Crippen molar-refractivity contribution in [1.82, 2.24) is 14.2 Å². The van der Waals surface area contributed by atoms with Crippen LogP contribution in [0.25, 0.3) is 0 Å². The fourth-order valence-electron chi connectivity index (χ4n) is 3.08. The summed E-state index contributed by atoms with van der Waals surface area (Å²) in [6, 6.07) is 5.73. The molecule has 0 bridgehead atoms. The van der Waals surface area contributed by atoms with Gasteiger partial charge in [0.05, 0.1) is 18.2 Å². The summed E-state index contributed by atoms with van der Waals surface area (Å²) >= 11 is 0. The minimum atomic E-state index is -4.98. The molecule has 0 aromatic carbocycles. The van der Waals surface area contributed by atoms with E-state index < -0.39 is 39.9 Å². The summed E-state index contributed by atoms with van der Waals surface area (Å²) in [4.78, 5) is 0. The van der Waals surface area contributed by atoms with Crippen LogP contribution in [-0.2, 0) is 30.1 Å². The lowest BCUT2D eigenvalue weighted by atomic mass is 10.2. The second-order valence-corrected chi connectivity index (χ2v) is 14.2. The smallest absolute Gasteiger partial charge is 0.213 e. The fraction of sp³-hybridized carbons (Fsp3) is 0.842. The molecule has 0 heterocycles. The fourth-order valence-corrected chi connectivity index (χ4v) is 10.9. The van der Waals surface area contributed by atoms with Crippen molar-refractivity contribution >= 4 is 30.1 Å². The number of hydrogen-bond donors (Lipinski definition) is 3. The largest absolute Gasteiger partial charge is 0.313 e. The number of nitrogens with one attached hydrogen (secondary N) is 3. The molecule has 0 unspecified atom stereocenters. The first-order valence-corrected chi connectivity index (χ1v) is 15.5. The molecule has 0 aliphatic carbocycles. The molecule has 0 fully saturated rings. The van der Waals surface area contributed by atoms with E-state index in [9.17, 15) is 25.3 Å². The number of rotatable bonds is 20. The van der Waals surface area contributed by atoms with Crippen LogP contribution in [0.5, 0.6) is 0 Å². The SMILES string of the molecule is CCCC(S(=O)(=O)NCCCCC#N)(S(=O)(=O)NCCCCC#N)S(=O)(=O)NCCCCC#N. The monoisotopic (exact) mass is 538 g/mol. The Morgan fingerprint density at radius 2 is 0.882 bits per heavy atom. The number of hydrogen-bond acceptors (Lipinski definition) is 9. The second kappa shape index (κ2) is 16.0. The molecule has 0 amide bonds. The van der Waals surface area contributed by atoms with E-state index in [1.54, 1.807) is 0 Å². The van der Waals surface area contributed by atoms with Crippen molar-refractivity contribution in [1.29, 1.82) is 15.8 Å². The third kappa shape index (κ3) is 9.10. The molecule has 12 nitrogen and oxygen atoms in total. The second-order valence-electron chi connectivity index (χ2n) is 7.47. The Hall–Kier alpha value is -1.80. The van der Waals surface area contributed by atoms with E-state index >= 15 is 0 Å². The maximum Gasteiger partial charge on any atom is 0.313 e. The first kappa shape index (κ1) is 32.2. The van der Waals surface area contributed by atoms with Gasteiger partial charge in [-0.1, -0.05) is 13.3 Å². The van der Waals surface area contributed by atoms with Crippen molar-refractivity contribution in [2.75, 3.05) is 19.6 Å². The Morgan fingerprint density at radius 3 is 1.12 bits per heavy atom. The van der Waals surface area contributed by atoms with Crippen molar-refractivity contribution in [2.24, 2.45) is 0 Å². The predicted octanol–water partition coefficient (Wildman–Crippen LogP) is 1.28. The number of sulfonamides is 3. The molecular weight excluding hydrogens is 504 g/mol. The summed E-state index contributed by atoms with van der Waals surface area (Å²) in [5, 5.41) is 25.8. The summed E-state index contributed by atoms with van der Waals surface area (Å²) in [6.07, 6.45) is 1.46. The van der Waals surface area contributed by atoms with Crippen LogP contribution < -0.4 is 14.2 Å². The summed E-state index contributed by atoms with van der Waals surface area (Å²) in [5.41, 5.74) is 0. The predicted molar refractivity (Wildman–Crippen MR) is 127 cm³/mol. The minimum absolute atomic E-state index is 0.0694. The molecule has 0 spiro atoms. The van der Waals surface area contributed by atoms with Gasteiger partial charge in [-0.05, 0) is 44.9 Å². The van der Waals surface area contributed by atoms with E-state index in [2.05, 4.69) is 14.2 Å². The van der Waals surface area contributed by atoms with E-state index in [0.29, 0.717) is 19.3 Å². The standard InChI is InChI=1S/C19H34N6O6S3/c1-2-12-19(32(26,27)23-16-9-3-6-13-20,33(28,29)24-17-10-4-7-14-21)34(30,31)25-18-11-5-8-15-22/h23-25H,2-12,16-18H2,1H3. The van der Waals surface area contributed by atoms with Gasteiger partial charge in [-0.15, -0.1) is 0 Å². The van der Waals surface area contributed by atoms with Crippen molar-refractivity contribution in [2.45, 2.75) is 81.0 Å². The lowest BCUT2D eigenvalue weighted by Gasteiger charge is -2.32. The van der Waals surface area contributed by atoms with Crippen molar-refractivity contribution in [3.8, 4) is 18.2 Å². The molecule has 0 aliphatic heterocycles. The van der Waals surface area contributed by atoms with E-state index in [1.165, 1.54) is 6.92 Å². The topological polar surface area (TPSA) is 210 Å². The molecule has 0 aliphatic rings. The average Bonchev–Trinajstić information content (AvgIpc) is 2.76. The Morgan fingerprint density at radius 1 is 0.588 bits per heavy atom. The minimum Gasteiger partial charge on any atom is -0.213 e. The van der Waals surface area contributed by atoms with Crippen LogP contribution in [0, 0.1) is 34.0 Å². The highest BCUT2D eigenvalue weighted by molar-refractivity contribution is 8.24. The molecule has 0 radical (unpaired) electrons. The summed E-state index contributed by atoms with van der Waals surface area (Å²) in [7, 11) is -14.9. The highest BCUT2D eigenvalue weighted by Crippen LogP contribution is 2.34. The van der Waals surface area contributed by atoms with Crippen molar-refractivity contribution in [3.05, 3.63) is 0 Å². The molecule has 0 atom stereocenters. The van der Waals surface area contributed by atoms with Gasteiger partial charge in [0.25, 0.3) is 0 Å². The number of unbranched alkanes of at least 4 members (excludes halogenated alkanes) is 6. The molecule has 0 rings (SSSR count). The Balaban J connectivity index is 6.17. The van der Waals surface area contributed by atoms with Crippen LogP contribution in [0.1, 0.15) is 77.6 Å². The number of nitriles is 3. The molecule has 0 saturated carbocycles. The van der Waals surface area contributed by atoms with Gasteiger partial charge in [-0.25, -0.2) is 39.4 Å². The van der Waals surface area contributed by atoms with Gasteiger partial charge in [0, 0.05) is 38.9 Å². The highest BCUT2D eigenvalue weighted by Gasteiger charge is 2.64. The molecule has 0 aromatic heterocycles. The van der Waals surface area contributed by atoms with Gasteiger partial charge in [0.1, 0.15) is 0 Å². The van der Waals surface area contributed by atoms with Crippen LogP contribution in [0.4, 0.5) is 0 Å². The van der Waals surface area contributed by atoms with Gasteiger partial charge in [-0.3, -0.25) is 0 Å². The highest BCUT2D eigenvalue weighted by atomic mass is 32.3. The normalized spacial score (nSPS) is 12.5. The van der Waals surface area contributed by atoms with Crippen LogP contribution in [0.15, 0.2) is 0 Å². The summed E-state index contributed by atoms with van der Waals surface area (Å²) < 4.78 is 83.1. The number of nitrogens with zero attached hydrogens (tertiary/aromatic N) is 3. The third-order valence-corrected chi connectivity index (χ3v) is 13.6. The Kier molecular flexibility index (Phi) is 15.1. The van der Waals surface area contributed by atoms with Crippen LogP contribution >= 0.6 is 0 Å². The lowest BCUT2D eigenvalue weighted by molar-refractivity contribution is 0.517. The van der Waals surface area contributed by atoms with Crippen LogP contribution in [0.3, 0.4) is 0 Å². The zero-order valence-corrected chi connectivity index (χ0v) is 21.9. The molecule has 3 N–H and O–H groups in total. The van der Waals surface area contributed by atoms with Crippen molar-refractivity contribution < 1.29 is 25.3 Å². The van der Waals surface area contributed by atoms with E-state index in [0.717, 1.165) is 0 Å². The molecule has 0 aromatic rings. The van der Waals surface area contributed by atoms with Gasteiger partial charge < -0.3 is 0 Å². The third-order valence-electron chi connectivity index (χ3n) is 4.81. The zero-order chi connectivity index (χ0) is 26.1. The lowest BCUT2D eigenvalue weighted by Crippen LogP contribution is -2.63.